The van der Waals surface area contributed by atoms with E-state index in [2.05, 4.69) is 16.1 Å². The molecule has 0 saturated heterocycles. The van der Waals surface area contributed by atoms with Crippen LogP contribution in [0.3, 0.4) is 0 Å². The molecular formula is C6H9FO3. The first-order valence-corrected chi connectivity index (χ1v) is 2.77. The number of ether oxygens (including phenoxy) is 2. The quantitative estimate of drug-likeness (QED) is 0.258. The Bertz CT molecular complexity index is 133. The fourth-order valence-corrected chi connectivity index (χ4v) is 0.257. The van der Waals surface area contributed by atoms with Gasteiger partial charge in [0.25, 0.3) is 0 Å². The molecule has 0 heterocycles. The summed E-state index contributed by atoms with van der Waals surface area (Å²) in [5.74, 6) is -2.19. The van der Waals surface area contributed by atoms with Crippen LogP contribution < -0.4 is 0 Å². The van der Waals surface area contributed by atoms with Crippen LogP contribution in [0.5, 0.6) is 0 Å². The zero-order chi connectivity index (χ0) is 7.98. The van der Waals surface area contributed by atoms with E-state index in [0.29, 0.717) is 6.61 Å². The van der Waals surface area contributed by atoms with Crippen LogP contribution in [0.25, 0.3) is 0 Å². The summed E-state index contributed by atoms with van der Waals surface area (Å²) in [7, 11) is 0. The van der Waals surface area contributed by atoms with E-state index in [1.807, 2.05) is 0 Å². The molecule has 10 heavy (non-hydrogen) atoms. The van der Waals surface area contributed by atoms with Crippen molar-refractivity contribution in [3.8, 4) is 0 Å². The molecule has 0 aromatic heterocycles. The molecule has 0 bridgehead atoms. The molecule has 0 rings (SSSR count). The minimum Gasteiger partial charge on any atom is -0.433 e. The minimum absolute atomic E-state index is 0.224. The minimum atomic E-state index is -1.11. The van der Waals surface area contributed by atoms with Gasteiger partial charge in [-0.3, -0.25) is 0 Å². The van der Waals surface area contributed by atoms with E-state index in [4.69, 9.17) is 0 Å². The highest BCUT2D eigenvalue weighted by atomic mass is 19.1. The van der Waals surface area contributed by atoms with Crippen LogP contribution in [0.15, 0.2) is 12.4 Å². The lowest BCUT2D eigenvalue weighted by molar-refractivity contribution is -0.152. The Morgan fingerprint density at radius 2 is 2.30 bits per heavy atom. The number of hydrogen-bond donors (Lipinski definition) is 0. The molecule has 0 saturated carbocycles. The molecule has 0 fully saturated rings. The van der Waals surface area contributed by atoms with Crippen molar-refractivity contribution in [1.29, 1.82) is 0 Å². The van der Waals surface area contributed by atoms with Crippen LogP contribution in [0.4, 0.5) is 4.39 Å². The maximum atomic E-state index is 11.8. The van der Waals surface area contributed by atoms with Gasteiger partial charge in [0.05, 0.1) is 0 Å². The Kier molecular flexibility index (Phi) is 4.49. The molecule has 58 valence electrons. The molecule has 3 nitrogen and oxygen atoms in total. The van der Waals surface area contributed by atoms with E-state index < -0.39 is 11.8 Å². The SMILES string of the molecule is C=C(F)C(=O)OCOCC. The van der Waals surface area contributed by atoms with Crippen LogP contribution in [0.2, 0.25) is 0 Å². The van der Waals surface area contributed by atoms with Crippen LogP contribution in [0, 0.1) is 0 Å². The zero-order valence-corrected chi connectivity index (χ0v) is 5.72. The average molecular weight is 148 g/mol. The zero-order valence-electron chi connectivity index (χ0n) is 5.72. The third-order valence-electron chi connectivity index (χ3n) is 0.699. The van der Waals surface area contributed by atoms with Crippen molar-refractivity contribution in [3.63, 3.8) is 0 Å². The van der Waals surface area contributed by atoms with Crippen molar-refractivity contribution in [2.24, 2.45) is 0 Å². The molecule has 0 aromatic rings. The fourth-order valence-electron chi connectivity index (χ4n) is 0.257. The van der Waals surface area contributed by atoms with Gasteiger partial charge >= 0.3 is 5.97 Å². The maximum absolute atomic E-state index is 11.8. The van der Waals surface area contributed by atoms with Gasteiger partial charge in [0.2, 0.25) is 5.83 Å². The van der Waals surface area contributed by atoms with Gasteiger partial charge in [-0.05, 0) is 6.92 Å². The Hall–Kier alpha value is -0.900. The Morgan fingerprint density at radius 3 is 2.70 bits per heavy atom. The highest BCUT2D eigenvalue weighted by Crippen LogP contribution is 1.94. The predicted molar refractivity (Wildman–Crippen MR) is 32.8 cm³/mol. The Labute approximate surface area is 58.4 Å². The molecule has 0 radical (unpaired) electrons. The number of halogens is 1. The fraction of sp³-hybridized carbons (Fsp3) is 0.500. The molecule has 0 unspecified atom stereocenters. The second kappa shape index (κ2) is 4.93. The molecule has 0 spiro atoms. The lowest BCUT2D eigenvalue weighted by atomic mass is 10.6. The average Bonchev–Trinajstić information content (AvgIpc) is 1.88. The highest BCUT2D eigenvalue weighted by Gasteiger charge is 2.05. The van der Waals surface area contributed by atoms with Crippen molar-refractivity contribution in [3.05, 3.63) is 12.4 Å². The number of hydrogen-bond acceptors (Lipinski definition) is 3. The summed E-state index contributed by atoms with van der Waals surface area (Å²) < 4.78 is 20.6. The molecule has 0 amide bonds. The van der Waals surface area contributed by atoms with Gasteiger partial charge < -0.3 is 9.47 Å². The second-order valence-electron chi connectivity index (χ2n) is 1.45. The van der Waals surface area contributed by atoms with Gasteiger partial charge in [0, 0.05) is 6.61 Å². The van der Waals surface area contributed by atoms with E-state index in [1.54, 1.807) is 6.92 Å². The molecule has 0 aliphatic carbocycles. The maximum Gasteiger partial charge on any atom is 0.368 e. The van der Waals surface area contributed by atoms with Crippen molar-refractivity contribution in [2.75, 3.05) is 13.4 Å². The molecular weight excluding hydrogens is 139 g/mol. The normalized spacial score (nSPS) is 9.00. The summed E-state index contributed by atoms with van der Waals surface area (Å²) in [6, 6.07) is 0. The predicted octanol–water partition coefficient (Wildman–Crippen LogP) is 1.01. The van der Waals surface area contributed by atoms with E-state index >= 15 is 0 Å². The monoisotopic (exact) mass is 148 g/mol. The molecule has 0 aliphatic heterocycles. The molecule has 0 aromatic carbocycles. The number of carbonyl (C=O) groups is 1. The van der Waals surface area contributed by atoms with E-state index in [-0.39, 0.29) is 6.79 Å². The third kappa shape index (κ3) is 4.03. The largest absolute Gasteiger partial charge is 0.433 e. The lowest BCUT2D eigenvalue weighted by Crippen LogP contribution is -2.07. The van der Waals surface area contributed by atoms with Gasteiger partial charge in [0.15, 0.2) is 6.79 Å². The number of esters is 1. The summed E-state index contributed by atoms with van der Waals surface area (Å²) >= 11 is 0. The van der Waals surface area contributed by atoms with Crippen LogP contribution in [-0.4, -0.2) is 19.4 Å². The molecule has 4 heteroatoms. The van der Waals surface area contributed by atoms with Gasteiger partial charge in [0.1, 0.15) is 0 Å². The highest BCUT2D eigenvalue weighted by molar-refractivity contribution is 5.85. The van der Waals surface area contributed by atoms with Crippen LogP contribution in [-0.2, 0) is 14.3 Å². The lowest BCUT2D eigenvalue weighted by Gasteiger charge is -2.00. The second-order valence-corrected chi connectivity index (χ2v) is 1.45. The van der Waals surface area contributed by atoms with E-state index in [0.717, 1.165) is 0 Å². The first-order valence-electron chi connectivity index (χ1n) is 2.77. The number of carbonyl (C=O) groups excluding carboxylic acids is 1. The summed E-state index contributed by atoms with van der Waals surface area (Å²) in [5.41, 5.74) is 0. The molecule has 0 aliphatic rings. The standard InChI is InChI=1S/C6H9FO3/c1-3-9-4-10-6(8)5(2)7/h2-4H2,1H3. The molecule has 0 N–H and O–H groups in total. The third-order valence-corrected chi connectivity index (χ3v) is 0.699. The summed E-state index contributed by atoms with van der Waals surface area (Å²) in [6.07, 6.45) is 0. The molecule has 0 atom stereocenters. The Balaban J connectivity index is 3.31. The van der Waals surface area contributed by atoms with E-state index in [9.17, 15) is 9.18 Å². The van der Waals surface area contributed by atoms with Gasteiger partial charge in [-0.1, -0.05) is 6.58 Å². The van der Waals surface area contributed by atoms with Gasteiger partial charge in [-0.15, -0.1) is 0 Å². The van der Waals surface area contributed by atoms with Crippen molar-refractivity contribution < 1.29 is 18.7 Å². The summed E-state index contributed by atoms with van der Waals surface area (Å²) in [6.45, 7) is 4.67. The van der Waals surface area contributed by atoms with Gasteiger partial charge in [-0.25, -0.2) is 4.79 Å². The van der Waals surface area contributed by atoms with Crippen LogP contribution >= 0.6 is 0 Å². The van der Waals surface area contributed by atoms with Crippen molar-refractivity contribution in [2.45, 2.75) is 6.92 Å². The van der Waals surface area contributed by atoms with Crippen LogP contribution in [0.1, 0.15) is 6.92 Å². The Morgan fingerprint density at radius 1 is 1.70 bits per heavy atom. The van der Waals surface area contributed by atoms with Gasteiger partial charge in [-0.2, -0.15) is 4.39 Å². The van der Waals surface area contributed by atoms with E-state index in [1.165, 1.54) is 0 Å². The smallest absolute Gasteiger partial charge is 0.368 e. The first kappa shape index (κ1) is 9.10. The summed E-state index contributed by atoms with van der Waals surface area (Å²) in [4.78, 5) is 10.2. The van der Waals surface area contributed by atoms with Crippen molar-refractivity contribution in [1.82, 2.24) is 0 Å². The van der Waals surface area contributed by atoms with Crippen molar-refractivity contribution >= 4 is 5.97 Å². The topological polar surface area (TPSA) is 35.5 Å². The number of rotatable bonds is 4. The first-order chi connectivity index (χ1) is 4.68. The summed E-state index contributed by atoms with van der Waals surface area (Å²) in [5, 5.41) is 0.